The zero-order valence-electron chi connectivity index (χ0n) is 19.8. The summed E-state index contributed by atoms with van der Waals surface area (Å²) in [6.45, 7) is 8.52. The van der Waals surface area contributed by atoms with Gasteiger partial charge in [0.05, 0.1) is 18.3 Å². The third-order valence-electron chi connectivity index (χ3n) is 5.71. The van der Waals surface area contributed by atoms with Gasteiger partial charge in [0.2, 0.25) is 5.91 Å². The summed E-state index contributed by atoms with van der Waals surface area (Å²) in [6.07, 6.45) is 2.24. The van der Waals surface area contributed by atoms with Gasteiger partial charge in [-0.1, -0.05) is 29.8 Å². The number of pyridine rings is 1. The number of para-hydroxylation sites is 1. The molecule has 0 aliphatic heterocycles. The Hall–Kier alpha value is -4.18. The molecule has 7 nitrogen and oxygen atoms in total. The molecule has 4 aromatic rings. The first kappa shape index (κ1) is 23.0. The number of rotatable bonds is 7. The zero-order chi connectivity index (χ0) is 24.2. The van der Waals surface area contributed by atoms with E-state index in [1.54, 1.807) is 0 Å². The maximum atomic E-state index is 12.7. The van der Waals surface area contributed by atoms with Crippen molar-refractivity contribution in [3.05, 3.63) is 76.5 Å². The van der Waals surface area contributed by atoms with Crippen molar-refractivity contribution in [2.45, 2.75) is 40.5 Å². The van der Waals surface area contributed by atoms with E-state index in [1.165, 1.54) is 16.4 Å². The Morgan fingerprint density at radius 1 is 1.09 bits per heavy atom. The lowest BCUT2D eigenvalue weighted by atomic mass is 10.0. The molecule has 2 aromatic carbocycles. The van der Waals surface area contributed by atoms with Crippen LogP contribution in [0.5, 0.6) is 5.75 Å². The molecule has 172 valence electrons. The summed E-state index contributed by atoms with van der Waals surface area (Å²) in [6, 6.07) is 16.0. The van der Waals surface area contributed by atoms with Crippen molar-refractivity contribution in [1.82, 2.24) is 14.8 Å². The van der Waals surface area contributed by atoms with Crippen LogP contribution in [0.15, 0.2) is 48.7 Å². The lowest BCUT2D eigenvalue weighted by Crippen LogP contribution is -2.17. The number of anilines is 1. The summed E-state index contributed by atoms with van der Waals surface area (Å²) in [5, 5.41) is 17.8. The molecule has 4 rings (SSSR count). The quantitative estimate of drug-likeness (QED) is 0.382. The molecule has 0 bridgehead atoms. The molecule has 0 saturated heterocycles. The molecule has 0 aliphatic carbocycles. The van der Waals surface area contributed by atoms with Crippen molar-refractivity contribution in [2.75, 3.05) is 11.9 Å². The van der Waals surface area contributed by atoms with Crippen LogP contribution in [0.1, 0.15) is 40.7 Å². The Labute approximate surface area is 199 Å². The molecule has 0 atom stereocenters. The third-order valence-corrected chi connectivity index (χ3v) is 5.71. The van der Waals surface area contributed by atoms with Gasteiger partial charge in [-0.3, -0.25) is 4.79 Å². The number of aromatic nitrogens is 3. The molecule has 0 saturated carbocycles. The molecular weight excluding hydrogens is 426 g/mol. The zero-order valence-corrected chi connectivity index (χ0v) is 19.8. The number of nitriles is 1. The third kappa shape index (κ3) is 4.76. The van der Waals surface area contributed by atoms with E-state index in [1.807, 2.05) is 51.1 Å². The van der Waals surface area contributed by atoms with Crippen molar-refractivity contribution in [3.8, 4) is 17.6 Å². The summed E-state index contributed by atoms with van der Waals surface area (Å²) >= 11 is 0. The Morgan fingerprint density at radius 2 is 1.88 bits per heavy atom. The molecular formula is C27H27N5O2. The minimum atomic E-state index is -0.212. The number of hydrogen-bond donors (Lipinski definition) is 1. The molecule has 0 aliphatic rings. The molecule has 1 N–H and O–H groups in total. The fraction of sp³-hybridized carbons (Fsp3) is 0.259. The number of nitrogens with one attached hydrogen (secondary N) is 1. The number of benzene rings is 2. The van der Waals surface area contributed by atoms with Crippen LogP contribution in [-0.2, 0) is 4.79 Å². The van der Waals surface area contributed by atoms with E-state index in [9.17, 15) is 10.1 Å². The van der Waals surface area contributed by atoms with Crippen molar-refractivity contribution in [3.63, 3.8) is 0 Å². The second-order valence-electron chi connectivity index (χ2n) is 8.47. The number of nitrogens with zero attached hydrogens (tertiary/aromatic N) is 4. The summed E-state index contributed by atoms with van der Waals surface area (Å²) in [4.78, 5) is 17.5. The largest absolute Gasteiger partial charge is 0.493 e. The van der Waals surface area contributed by atoms with Crippen LogP contribution < -0.4 is 10.1 Å². The fourth-order valence-corrected chi connectivity index (χ4v) is 3.99. The van der Waals surface area contributed by atoms with E-state index in [0.717, 1.165) is 33.3 Å². The molecule has 7 heteroatoms. The van der Waals surface area contributed by atoms with Crippen molar-refractivity contribution >= 4 is 22.6 Å². The van der Waals surface area contributed by atoms with Gasteiger partial charge in [0, 0.05) is 11.8 Å². The number of hydrogen-bond acceptors (Lipinski definition) is 5. The highest BCUT2D eigenvalue weighted by Gasteiger charge is 2.17. The van der Waals surface area contributed by atoms with E-state index < -0.39 is 0 Å². The van der Waals surface area contributed by atoms with E-state index in [2.05, 4.69) is 35.5 Å². The molecule has 2 aromatic heterocycles. The van der Waals surface area contributed by atoms with Gasteiger partial charge >= 0.3 is 0 Å². The number of aryl methyl sites for hydroxylation is 4. The minimum absolute atomic E-state index is 0.212. The second-order valence-corrected chi connectivity index (χ2v) is 8.47. The maximum Gasteiger partial charge on any atom is 0.225 e. The van der Waals surface area contributed by atoms with E-state index in [4.69, 9.17) is 9.72 Å². The maximum absolute atomic E-state index is 12.7. The highest BCUT2D eigenvalue weighted by atomic mass is 16.5. The topological polar surface area (TPSA) is 92.8 Å². The number of carbonyl (C=O) groups is 1. The van der Waals surface area contributed by atoms with Gasteiger partial charge in [-0.05, 0) is 69.0 Å². The SMILES string of the molecule is Cc1cc(C)c2nc(-n3ncc(C#N)c3NC(=O)CCCOc3ccccc3C)cc(C)c2c1. The number of fused-ring (bicyclic) bond motifs is 1. The van der Waals surface area contributed by atoms with Gasteiger partial charge in [-0.15, -0.1) is 0 Å². The van der Waals surface area contributed by atoms with Crippen LogP contribution in [0.25, 0.3) is 16.7 Å². The molecule has 2 heterocycles. The summed E-state index contributed by atoms with van der Waals surface area (Å²) in [7, 11) is 0. The smallest absolute Gasteiger partial charge is 0.225 e. The molecule has 0 unspecified atom stereocenters. The Morgan fingerprint density at radius 3 is 2.65 bits per heavy atom. The normalized spacial score (nSPS) is 10.8. The number of ether oxygens (including phenoxy) is 1. The van der Waals surface area contributed by atoms with Crippen LogP contribution in [0.3, 0.4) is 0 Å². The average Bonchev–Trinajstić information content (AvgIpc) is 3.20. The van der Waals surface area contributed by atoms with Crippen LogP contribution in [-0.4, -0.2) is 27.3 Å². The summed E-state index contributed by atoms with van der Waals surface area (Å²) < 4.78 is 7.29. The first-order valence-corrected chi connectivity index (χ1v) is 11.2. The van der Waals surface area contributed by atoms with Gasteiger partial charge < -0.3 is 10.1 Å². The second kappa shape index (κ2) is 9.75. The monoisotopic (exact) mass is 453 g/mol. The molecule has 1 amide bonds. The Kier molecular flexibility index (Phi) is 6.60. The number of amides is 1. The van der Waals surface area contributed by atoms with Crippen LogP contribution >= 0.6 is 0 Å². The highest BCUT2D eigenvalue weighted by Crippen LogP contribution is 2.26. The molecule has 0 fully saturated rings. The van der Waals surface area contributed by atoms with Gasteiger partial charge in [-0.2, -0.15) is 15.0 Å². The lowest BCUT2D eigenvalue weighted by molar-refractivity contribution is -0.116. The van der Waals surface area contributed by atoms with Crippen molar-refractivity contribution in [1.29, 1.82) is 5.26 Å². The van der Waals surface area contributed by atoms with Gasteiger partial charge in [0.1, 0.15) is 17.4 Å². The van der Waals surface area contributed by atoms with Crippen molar-refractivity contribution in [2.24, 2.45) is 0 Å². The predicted octanol–water partition coefficient (Wildman–Crippen LogP) is 5.32. The summed E-state index contributed by atoms with van der Waals surface area (Å²) in [5.41, 5.74) is 5.49. The van der Waals surface area contributed by atoms with Gasteiger partial charge in [-0.25, -0.2) is 4.98 Å². The lowest BCUT2D eigenvalue weighted by Gasteiger charge is -2.13. The molecule has 0 spiro atoms. The Balaban J connectivity index is 1.52. The van der Waals surface area contributed by atoms with Gasteiger partial charge in [0.15, 0.2) is 11.6 Å². The van der Waals surface area contributed by atoms with Crippen molar-refractivity contribution < 1.29 is 9.53 Å². The Bertz CT molecular complexity index is 1410. The fourth-order valence-electron chi connectivity index (χ4n) is 3.99. The van der Waals surface area contributed by atoms with Gasteiger partial charge in [0.25, 0.3) is 0 Å². The standard InChI is InChI=1S/C27H27N5O2/c1-17-12-20(4)26-22(13-17)19(3)14-24(30-26)32-27(21(15-28)16-29-32)31-25(33)10-7-11-34-23-9-6-5-8-18(23)2/h5-6,8-9,12-14,16H,7,10-11H2,1-4H3,(H,31,33). The number of carbonyl (C=O) groups excluding carboxylic acids is 1. The van der Waals surface area contributed by atoms with E-state index in [0.29, 0.717) is 24.7 Å². The summed E-state index contributed by atoms with van der Waals surface area (Å²) in [5.74, 6) is 1.48. The average molecular weight is 454 g/mol. The van der Waals surface area contributed by atoms with E-state index in [-0.39, 0.29) is 17.9 Å². The molecule has 34 heavy (non-hydrogen) atoms. The van der Waals surface area contributed by atoms with Crippen LogP contribution in [0, 0.1) is 39.0 Å². The first-order chi connectivity index (χ1) is 16.4. The predicted molar refractivity (Wildman–Crippen MR) is 132 cm³/mol. The minimum Gasteiger partial charge on any atom is -0.493 e. The van der Waals surface area contributed by atoms with Crippen LogP contribution in [0.4, 0.5) is 5.82 Å². The highest BCUT2D eigenvalue weighted by molar-refractivity contribution is 5.91. The van der Waals surface area contributed by atoms with E-state index >= 15 is 0 Å². The first-order valence-electron chi connectivity index (χ1n) is 11.2. The molecule has 0 radical (unpaired) electrons. The van der Waals surface area contributed by atoms with Crippen LogP contribution in [0.2, 0.25) is 0 Å².